The van der Waals surface area contributed by atoms with Crippen molar-refractivity contribution in [2.24, 2.45) is 0 Å². The van der Waals surface area contributed by atoms with Crippen molar-refractivity contribution in [3.05, 3.63) is 279 Å². The van der Waals surface area contributed by atoms with Gasteiger partial charge in [-0.3, -0.25) is 0 Å². The predicted molar refractivity (Wildman–Crippen MR) is 322 cm³/mol. The normalized spacial score (nSPS) is 11.6. The van der Waals surface area contributed by atoms with E-state index in [2.05, 4.69) is 298 Å². The van der Waals surface area contributed by atoms with Gasteiger partial charge in [0.25, 0.3) is 0 Å². The first-order valence-corrected chi connectivity index (χ1v) is 26.4. The maximum absolute atomic E-state index is 5.26. The fourth-order valence-corrected chi connectivity index (χ4v) is 10.7. The highest BCUT2D eigenvalue weighted by molar-refractivity contribution is 6.09. The molecule has 13 aromatic rings. The Morgan fingerprint density at radius 1 is 0.247 bits per heavy atom. The molecule has 0 amide bonds. The minimum atomic E-state index is -0.0263. The smallest absolute Gasteiger partial charge is 0.164 e. The van der Waals surface area contributed by atoms with Gasteiger partial charge in [-0.15, -0.1) is 0 Å². The Morgan fingerprint density at radius 2 is 0.558 bits per heavy atom. The molecule has 0 radical (unpaired) electrons. The lowest BCUT2D eigenvalue weighted by Crippen LogP contribution is -2.11. The molecule has 0 atom stereocenters. The topological polar surface area (TPSA) is 43.6 Å². The standard InChI is InChI=1S/C73H54N4/c1-73(2,3)64-46-62(50-20-8-5-9-21-50)45-63(47-64)52-36-40-54(41-37-52)71-74-70(53-38-34-51(35-39-53)60-27-17-29-65(48-60)77-68-32-12-10-30-66(68)67-31-11-13-33-69(67)77)75-72(76-71)61-28-16-26-59(44-61)58-25-15-24-57(43-58)56-23-14-22-55(42-56)49-18-6-4-7-19-49/h4-48H,1-3H3. The highest BCUT2D eigenvalue weighted by Gasteiger charge is 2.19. The predicted octanol–water partition coefficient (Wildman–Crippen LogP) is 19.3. The number of nitrogens with zero attached hydrogens (tertiary/aromatic N) is 4. The highest BCUT2D eigenvalue weighted by Crippen LogP contribution is 2.38. The molecule has 4 nitrogen and oxygen atoms in total. The van der Waals surface area contributed by atoms with E-state index in [4.69, 9.17) is 15.0 Å². The zero-order chi connectivity index (χ0) is 51.9. The molecule has 0 saturated heterocycles. The third-order valence-corrected chi connectivity index (χ3v) is 14.8. The van der Waals surface area contributed by atoms with Crippen molar-refractivity contribution >= 4 is 21.8 Å². The van der Waals surface area contributed by atoms with Gasteiger partial charge in [0, 0.05) is 33.2 Å². The van der Waals surface area contributed by atoms with Gasteiger partial charge < -0.3 is 4.57 Å². The van der Waals surface area contributed by atoms with E-state index in [0.717, 1.165) is 55.8 Å². The van der Waals surface area contributed by atoms with E-state index >= 15 is 0 Å². The third kappa shape index (κ3) is 9.43. The Kier molecular flexibility index (Phi) is 12.1. The van der Waals surface area contributed by atoms with Gasteiger partial charge >= 0.3 is 0 Å². The van der Waals surface area contributed by atoms with Crippen LogP contribution in [0.5, 0.6) is 0 Å². The zero-order valence-electron chi connectivity index (χ0n) is 43.3. The number of aromatic nitrogens is 4. The van der Waals surface area contributed by atoms with Crippen LogP contribution in [0.1, 0.15) is 26.3 Å². The minimum Gasteiger partial charge on any atom is -0.309 e. The maximum Gasteiger partial charge on any atom is 0.164 e. The summed E-state index contributed by atoms with van der Waals surface area (Å²) in [6.45, 7) is 6.83. The Hall–Kier alpha value is -9.77. The average molecular weight is 987 g/mol. The Labute approximate surface area is 450 Å². The van der Waals surface area contributed by atoms with E-state index < -0.39 is 0 Å². The molecule has 0 aliphatic rings. The molecule has 77 heavy (non-hydrogen) atoms. The monoisotopic (exact) mass is 986 g/mol. The number of fused-ring (bicyclic) bond motifs is 3. The van der Waals surface area contributed by atoms with Crippen molar-refractivity contribution < 1.29 is 0 Å². The van der Waals surface area contributed by atoms with Crippen molar-refractivity contribution in [1.29, 1.82) is 0 Å². The molecule has 2 heterocycles. The first-order chi connectivity index (χ1) is 37.8. The maximum atomic E-state index is 5.26. The molecule has 4 heteroatoms. The fourth-order valence-electron chi connectivity index (χ4n) is 10.7. The molecule has 0 fully saturated rings. The summed E-state index contributed by atoms with van der Waals surface area (Å²) in [5, 5.41) is 2.49. The van der Waals surface area contributed by atoms with Crippen molar-refractivity contribution in [1.82, 2.24) is 19.5 Å². The second kappa shape index (κ2) is 19.8. The highest BCUT2D eigenvalue weighted by atomic mass is 15.0. The number of benzene rings is 11. The second-order valence-corrected chi connectivity index (χ2v) is 20.9. The summed E-state index contributed by atoms with van der Waals surface area (Å²) in [5.74, 6) is 1.82. The number of hydrogen-bond acceptors (Lipinski definition) is 3. The summed E-state index contributed by atoms with van der Waals surface area (Å²) < 4.78 is 2.37. The molecule has 0 saturated carbocycles. The summed E-state index contributed by atoms with van der Waals surface area (Å²) >= 11 is 0. The van der Waals surface area contributed by atoms with Gasteiger partial charge in [0.2, 0.25) is 0 Å². The van der Waals surface area contributed by atoms with E-state index in [1.54, 1.807) is 0 Å². The van der Waals surface area contributed by atoms with Gasteiger partial charge in [0.15, 0.2) is 17.5 Å². The van der Waals surface area contributed by atoms with E-state index in [1.807, 2.05) is 0 Å². The molecular formula is C73H54N4. The lowest BCUT2D eigenvalue weighted by atomic mass is 9.83. The van der Waals surface area contributed by atoms with Crippen molar-refractivity contribution in [2.45, 2.75) is 26.2 Å². The molecule has 0 unspecified atom stereocenters. The summed E-state index contributed by atoms with van der Waals surface area (Å²) in [4.78, 5) is 15.8. The largest absolute Gasteiger partial charge is 0.309 e. The van der Waals surface area contributed by atoms with E-state index in [9.17, 15) is 0 Å². The molecule has 0 aliphatic carbocycles. The number of hydrogen-bond donors (Lipinski definition) is 0. The van der Waals surface area contributed by atoms with Crippen LogP contribution in [-0.2, 0) is 5.41 Å². The molecule has 0 N–H and O–H groups in total. The molecule has 11 aromatic carbocycles. The number of rotatable bonds is 10. The quantitative estimate of drug-likeness (QED) is 0.137. The van der Waals surface area contributed by atoms with Gasteiger partial charge in [0.1, 0.15) is 0 Å². The van der Waals surface area contributed by atoms with Gasteiger partial charge in [-0.25, -0.2) is 15.0 Å². The van der Waals surface area contributed by atoms with Crippen LogP contribution in [0.4, 0.5) is 0 Å². The minimum absolute atomic E-state index is 0.0263. The van der Waals surface area contributed by atoms with Gasteiger partial charge in [-0.1, -0.05) is 245 Å². The van der Waals surface area contributed by atoms with Crippen molar-refractivity contribution in [3.63, 3.8) is 0 Å². The van der Waals surface area contributed by atoms with E-state index in [0.29, 0.717) is 17.5 Å². The van der Waals surface area contributed by atoms with E-state index in [-0.39, 0.29) is 5.41 Å². The lowest BCUT2D eigenvalue weighted by Gasteiger charge is -2.22. The Balaban J connectivity index is 0.876. The summed E-state index contributed by atoms with van der Waals surface area (Å²) in [5.41, 5.74) is 21.3. The molecule has 0 bridgehead atoms. The van der Waals surface area contributed by atoms with Crippen molar-refractivity contribution in [3.8, 4) is 107 Å². The molecular weight excluding hydrogens is 933 g/mol. The molecule has 0 aliphatic heterocycles. The summed E-state index contributed by atoms with van der Waals surface area (Å²) in [6, 6.07) is 97.7. The molecule has 13 rings (SSSR count). The molecule has 0 spiro atoms. The fraction of sp³-hybridized carbons (Fsp3) is 0.0548. The van der Waals surface area contributed by atoms with Crippen LogP contribution >= 0.6 is 0 Å². The summed E-state index contributed by atoms with van der Waals surface area (Å²) in [6.07, 6.45) is 0. The van der Waals surface area contributed by atoms with Crippen LogP contribution in [0.25, 0.3) is 128 Å². The van der Waals surface area contributed by atoms with Crippen LogP contribution in [0.2, 0.25) is 0 Å². The number of para-hydroxylation sites is 2. The summed E-state index contributed by atoms with van der Waals surface area (Å²) in [7, 11) is 0. The van der Waals surface area contributed by atoms with Gasteiger partial charge in [-0.2, -0.15) is 0 Å². The first kappa shape index (κ1) is 47.0. The van der Waals surface area contributed by atoms with Crippen LogP contribution in [-0.4, -0.2) is 19.5 Å². The lowest BCUT2D eigenvalue weighted by molar-refractivity contribution is 0.590. The second-order valence-electron chi connectivity index (χ2n) is 20.9. The van der Waals surface area contributed by atoms with Crippen LogP contribution in [0, 0.1) is 0 Å². The van der Waals surface area contributed by atoms with Gasteiger partial charge in [0.05, 0.1) is 11.0 Å². The Bertz CT molecular complexity index is 4230. The third-order valence-electron chi connectivity index (χ3n) is 14.8. The van der Waals surface area contributed by atoms with Crippen LogP contribution < -0.4 is 0 Å². The molecule has 366 valence electrons. The van der Waals surface area contributed by atoms with Gasteiger partial charge in [-0.05, 0) is 126 Å². The van der Waals surface area contributed by atoms with Crippen molar-refractivity contribution in [2.75, 3.05) is 0 Å². The molecule has 2 aromatic heterocycles. The van der Waals surface area contributed by atoms with E-state index in [1.165, 1.54) is 60.8 Å². The SMILES string of the molecule is CC(C)(C)c1cc(-c2ccccc2)cc(-c2ccc(-c3nc(-c4ccc(-c5cccc(-n6c7ccccc7c7ccccc76)c5)cc4)nc(-c4cccc(-c5cccc(-c6cccc(-c7ccccc7)c6)c5)c4)n3)cc2)c1. The van der Waals surface area contributed by atoms with Crippen LogP contribution in [0.15, 0.2) is 273 Å². The Morgan fingerprint density at radius 3 is 1.04 bits per heavy atom. The van der Waals surface area contributed by atoms with Crippen LogP contribution in [0.3, 0.4) is 0 Å². The zero-order valence-corrected chi connectivity index (χ0v) is 43.3. The first-order valence-electron chi connectivity index (χ1n) is 26.4. The average Bonchev–Trinajstić information content (AvgIpc) is 3.88.